The lowest BCUT2D eigenvalue weighted by atomic mass is 10.1. The Morgan fingerprint density at radius 2 is 2.00 bits per heavy atom. The van der Waals surface area contributed by atoms with Crippen molar-refractivity contribution in [1.29, 1.82) is 0 Å². The lowest BCUT2D eigenvalue weighted by Crippen LogP contribution is -1.91. The van der Waals surface area contributed by atoms with Gasteiger partial charge in [-0.15, -0.1) is 0 Å². The van der Waals surface area contributed by atoms with Crippen molar-refractivity contribution < 1.29 is 9.90 Å². The number of carbonyl (C=O) groups is 1. The van der Waals surface area contributed by atoms with Crippen LogP contribution < -0.4 is 0 Å². The van der Waals surface area contributed by atoms with Gasteiger partial charge in [0.25, 0.3) is 0 Å². The summed E-state index contributed by atoms with van der Waals surface area (Å²) in [5.74, 6) is 4.93. The van der Waals surface area contributed by atoms with Crippen LogP contribution in [0.5, 0.6) is 0 Å². The first kappa shape index (κ1) is 10.3. The normalized spacial score (nSPS) is 8.93. The summed E-state index contributed by atoms with van der Waals surface area (Å²) in [5, 5.41) is 8.38. The van der Waals surface area contributed by atoms with Crippen LogP contribution in [0.1, 0.15) is 24.0 Å². The molecule has 0 aliphatic rings. The highest BCUT2D eigenvalue weighted by molar-refractivity contribution is 5.67. The molecule has 0 heterocycles. The molecule has 0 saturated heterocycles. The van der Waals surface area contributed by atoms with Crippen LogP contribution in [0.2, 0.25) is 0 Å². The van der Waals surface area contributed by atoms with E-state index in [1.165, 1.54) is 5.56 Å². The minimum atomic E-state index is -0.803. The fourth-order valence-corrected chi connectivity index (χ4v) is 0.971. The van der Waals surface area contributed by atoms with Crippen molar-refractivity contribution in [2.24, 2.45) is 0 Å². The third-order valence-corrected chi connectivity index (χ3v) is 1.75. The number of benzene rings is 1. The van der Waals surface area contributed by atoms with Crippen molar-refractivity contribution in [3.8, 4) is 11.8 Å². The molecule has 0 fully saturated rings. The predicted octanol–water partition coefficient (Wildman–Crippen LogP) is 2.21. The highest BCUT2D eigenvalue weighted by atomic mass is 16.4. The molecule has 1 N–H and O–H groups in total. The Hall–Kier alpha value is -1.75. The lowest BCUT2D eigenvalue weighted by molar-refractivity contribution is -0.136. The van der Waals surface area contributed by atoms with Gasteiger partial charge in [-0.2, -0.15) is 0 Å². The fraction of sp³-hybridized carbons (Fsp3) is 0.250. The van der Waals surface area contributed by atoms with Gasteiger partial charge in [0.15, 0.2) is 0 Å². The van der Waals surface area contributed by atoms with Gasteiger partial charge in [-0.3, -0.25) is 4.79 Å². The summed E-state index contributed by atoms with van der Waals surface area (Å²) < 4.78 is 0. The van der Waals surface area contributed by atoms with E-state index < -0.39 is 5.97 Å². The summed E-state index contributed by atoms with van der Waals surface area (Å²) in [6, 6.07) is 7.84. The van der Waals surface area contributed by atoms with Crippen molar-refractivity contribution in [2.75, 3.05) is 0 Å². The van der Waals surface area contributed by atoms with Crippen LogP contribution in [0.15, 0.2) is 24.3 Å². The van der Waals surface area contributed by atoms with Gasteiger partial charge in [0.05, 0.1) is 6.42 Å². The average Bonchev–Trinajstić information content (AvgIpc) is 2.15. The van der Waals surface area contributed by atoms with Gasteiger partial charge < -0.3 is 5.11 Å². The summed E-state index contributed by atoms with van der Waals surface area (Å²) in [6.07, 6.45) is 0.516. The molecule has 1 rings (SSSR count). The van der Waals surface area contributed by atoms with Gasteiger partial charge in [0.1, 0.15) is 0 Å². The van der Waals surface area contributed by atoms with Crippen LogP contribution in [-0.2, 0) is 4.79 Å². The third kappa shape index (κ3) is 3.77. The number of rotatable bonds is 2. The smallest absolute Gasteiger partial charge is 0.304 e. The van der Waals surface area contributed by atoms with Gasteiger partial charge in [-0.05, 0) is 19.1 Å². The second kappa shape index (κ2) is 5.08. The molecule has 0 amide bonds. The lowest BCUT2D eigenvalue weighted by Gasteiger charge is -1.91. The zero-order chi connectivity index (χ0) is 10.4. The van der Waals surface area contributed by atoms with E-state index in [0.29, 0.717) is 6.42 Å². The predicted molar refractivity (Wildman–Crippen MR) is 54.9 cm³/mol. The molecule has 1 aromatic carbocycles. The SMILES string of the molecule is Cc1ccc(C#CCCC(=O)O)cc1. The minimum absolute atomic E-state index is 0.110. The fourth-order valence-electron chi connectivity index (χ4n) is 0.971. The number of carboxylic acid groups (broad SMARTS) is 1. The van der Waals surface area contributed by atoms with Crippen LogP contribution in [0.25, 0.3) is 0 Å². The van der Waals surface area contributed by atoms with E-state index in [0.717, 1.165) is 5.56 Å². The van der Waals surface area contributed by atoms with Crippen molar-refractivity contribution >= 4 is 5.97 Å². The Morgan fingerprint density at radius 3 is 2.57 bits per heavy atom. The number of carboxylic acids is 1. The third-order valence-electron chi connectivity index (χ3n) is 1.75. The monoisotopic (exact) mass is 188 g/mol. The molecule has 14 heavy (non-hydrogen) atoms. The Balaban J connectivity index is 2.51. The van der Waals surface area contributed by atoms with Gasteiger partial charge in [0, 0.05) is 12.0 Å². The van der Waals surface area contributed by atoms with Crippen LogP contribution in [0.4, 0.5) is 0 Å². The molecule has 2 nitrogen and oxygen atoms in total. The topological polar surface area (TPSA) is 37.3 Å². The zero-order valence-corrected chi connectivity index (χ0v) is 8.08. The minimum Gasteiger partial charge on any atom is -0.481 e. The van der Waals surface area contributed by atoms with E-state index in [9.17, 15) is 4.79 Å². The van der Waals surface area contributed by atoms with Crippen LogP contribution in [-0.4, -0.2) is 11.1 Å². The molecule has 0 saturated carbocycles. The Labute approximate surface area is 83.6 Å². The van der Waals surface area contributed by atoms with E-state index in [1.54, 1.807) is 0 Å². The number of hydrogen-bond donors (Lipinski definition) is 1. The Morgan fingerprint density at radius 1 is 1.36 bits per heavy atom. The molecular weight excluding hydrogens is 176 g/mol. The van der Waals surface area contributed by atoms with E-state index in [2.05, 4.69) is 11.8 Å². The van der Waals surface area contributed by atoms with E-state index in [-0.39, 0.29) is 6.42 Å². The number of aliphatic carboxylic acids is 1. The molecule has 72 valence electrons. The van der Waals surface area contributed by atoms with E-state index >= 15 is 0 Å². The van der Waals surface area contributed by atoms with Crippen molar-refractivity contribution in [1.82, 2.24) is 0 Å². The molecular formula is C12H12O2. The van der Waals surface area contributed by atoms with Crippen LogP contribution >= 0.6 is 0 Å². The zero-order valence-electron chi connectivity index (χ0n) is 8.08. The van der Waals surface area contributed by atoms with Crippen LogP contribution in [0, 0.1) is 18.8 Å². The summed E-state index contributed by atoms with van der Waals surface area (Å²) in [5.41, 5.74) is 2.13. The second-order valence-electron chi connectivity index (χ2n) is 3.06. The van der Waals surface area contributed by atoms with Crippen molar-refractivity contribution in [3.63, 3.8) is 0 Å². The van der Waals surface area contributed by atoms with Gasteiger partial charge in [-0.25, -0.2) is 0 Å². The largest absolute Gasteiger partial charge is 0.481 e. The molecule has 0 unspecified atom stereocenters. The van der Waals surface area contributed by atoms with E-state index in [4.69, 9.17) is 5.11 Å². The summed E-state index contributed by atoms with van der Waals surface area (Å²) in [6.45, 7) is 2.02. The standard InChI is InChI=1S/C12H12O2/c1-10-6-8-11(9-7-10)4-2-3-5-12(13)14/h6-9H,3,5H2,1H3,(H,13,14). The van der Waals surface area contributed by atoms with Gasteiger partial charge in [-0.1, -0.05) is 29.5 Å². The molecule has 2 heteroatoms. The Kier molecular flexibility index (Phi) is 3.75. The maximum Gasteiger partial charge on any atom is 0.304 e. The maximum absolute atomic E-state index is 10.2. The van der Waals surface area contributed by atoms with Crippen molar-refractivity contribution in [3.05, 3.63) is 35.4 Å². The molecule has 0 aliphatic heterocycles. The second-order valence-corrected chi connectivity index (χ2v) is 3.06. The summed E-state index contributed by atoms with van der Waals surface area (Å²) in [4.78, 5) is 10.2. The number of aryl methyl sites for hydroxylation is 1. The van der Waals surface area contributed by atoms with Gasteiger partial charge >= 0.3 is 5.97 Å². The molecule has 0 spiro atoms. The maximum atomic E-state index is 10.2. The quantitative estimate of drug-likeness (QED) is 0.722. The molecule has 1 aromatic rings. The molecule has 0 aliphatic carbocycles. The first-order valence-corrected chi connectivity index (χ1v) is 4.46. The van der Waals surface area contributed by atoms with Crippen LogP contribution in [0.3, 0.4) is 0 Å². The molecule has 0 atom stereocenters. The first-order valence-electron chi connectivity index (χ1n) is 4.46. The highest BCUT2D eigenvalue weighted by Crippen LogP contribution is 2.01. The molecule has 0 bridgehead atoms. The summed E-state index contributed by atoms with van der Waals surface area (Å²) >= 11 is 0. The average molecular weight is 188 g/mol. The first-order chi connectivity index (χ1) is 6.68. The molecule has 0 aromatic heterocycles. The van der Waals surface area contributed by atoms with E-state index in [1.807, 2.05) is 31.2 Å². The number of hydrogen-bond acceptors (Lipinski definition) is 1. The highest BCUT2D eigenvalue weighted by Gasteiger charge is 1.91. The molecule has 0 radical (unpaired) electrons. The van der Waals surface area contributed by atoms with Crippen molar-refractivity contribution in [2.45, 2.75) is 19.8 Å². The van der Waals surface area contributed by atoms with Gasteiger partial charge in [0.2, 0.25) is 0 Å². The Bertz CT molecular complexity index is 366. The summed E-state index contributed by atoms with van der Waals surface area (Å²) in [7, 11) is 0.